The molecule has 2 heterocycles. The maximum atomic E-state index is 13.1. The van der Waals surface area contributed by atoms with Crippen molar-refractivity contribution >= 4 is 11.6 Å². The molecule has 0 unspecified atom stereocenters. The Morgan fingerprint density at radius 1 is 0.528 bits per heavy atom. The van der Waals surface area contributed by atoms with Crippen LogP contribution in [0.5, 0.6) is 0 Å². The molecule has 0 spiro atoms. The fraction of sp³-hybridized carbons (Fsp3) is 0.695. The van der Waals surface area contributed by atoms with Crippen molar-refractivity contribution in [1.82, 2.24) is 14.7 Å². The van der Waals surface area contributed by atoms with Gasteiger partial charge < -0.3 is 19.1 Å². The zero-order valence-corrected chi connectivity index (χ0v) is 45.5. The van der Waals surface area contributed by atoms with Crippen molar-refractivity contribution in [3.05, 3.63) is 106 Å². The molecule has 72 heavy (non-hydrogen) atoms. The van der Waals surface area contributed by atoms with E-state index in [-0.39, 0.29) is 41.9 Å². The molecule has 3 saturated carbocycles. The first kappa shape index (κ1) is 58.5. The molecule has 0 radical (unpaired) electrons. The predicted octanol–water partition coefficient (Wildman–Crippen LogP) is 15.6. The third-order valence-corrected chi connectivity index (χ3v) is 15.7. The molecule has 6 nitrogen and oxygen atoms in total. The van der Waals surface area contributed by atoms with Crippen LogP contribution >= 0.6 is 11.6 Å². The maximum absolute atomic E-state index is 13.1. The van der Waals surface area contributed by atoms with E-state index in [1.165, 1.54) is 62.3 Å². The maximum Gasteiger partial charge on any atom is 0.416 e. The molecular formula is C59H86ClF6N3O3. The lowest BCUT2D eigenvalue weighted by Gasteiger charge is -2.44. The van der Waals surface area contributed by atoms with Gasteiger partial charge in [0.05, 0.1) is 47.2 Å². The highest BCUT2D eigenvalue weighted by atomic mass is 35.5. The molecule has 2 aliphatic heterocycles. The van der Waals surface area contributed by atoms with Gasteiger partial charge in [0.1, 0.15) is 0 Å². The molecule has 3 aromatic rings. The van der Waals surface area contributed by atoms with Crippen molar-refractivity contribution in [2.24, 2.45) is 0 Å². The average Bonchev–Trinajstić information content (AvgIpc) is 3.87. The van der Waals surface area contributed by atoms with Gasteiger partial charge in [-0.1, -0.05) is 66.6 Å². The van der Waals surface area contributed by atoms with Crippen LogP contribution in [0.4, 0.5) is 26.3 Å². The molecule has 404 valence electrons. The van der Waals surface area contributed by atoms with Gasteiger partial charge in [0, 0.05) is 23.1 Å². The second-order valence-electron chi connectivity index (χ2n) is 23.1. The Balaban J connectivity index is 0.000000178. The molecule has 2 saturated heterocycles. The topological polar surface area (TPSA) is 37.4 Å². The summed E-state index contributed by atoms with van der Waals surface area (Å²) in [5, 5.41) is 0.835. The van der Waals surface area contributed by atoms with Gasteiger partial charge in [0.15, 0.2) is 0 Å². The highest BCUT2D eigenvalue weighted by molar-refractivity contribution is 6.30. The van der Waals surface area contributed by atoms with Crippen molar-refractivity contribution in [2.75, 3.05) is 40.3 Å². The molecule has 3 aliphatic carbocycles. The van der Waals surface area contributed by atoms with E-state index in [9.17, 15) is 26.3 Å². The van der Waals surface area contributed by atoms with E-state index in [0.29, 0.717) is 30.1 Å². The number of halogens is 7. The zero-order chi connectivity index (χ0) is 52.4. The van der Waals surface area contributed by atoms with Gasteiger partial charge in [-0.3, -0.25) is 9.80 Å². The van der Waals surface area contributed by atoms with E-state index in [2.05, 4.69) is 95.5 Å². The lowest BCUT2D eigenvalue weighted by atomic mass is 9.78. The second kappa shape index (κ2) is 26.4. The van der Waals surface area contributed by atoms with Crippen molar-refractivity contribution < 1.29 is 40.6 Å². The minimum Gasteiger partial charge on any atom is -0.374 e. The highest BCUT2D eigenvalue weighted by Gasteiger charge is 2.40. The van der Waals surface area contributed by atoms with E-state index >= 15 is 0 Å². The Labute approximate surface area is 433 Å². The summed E-state index contributed by atoms with van der Waals surface area (Å²) >= 11 is 6.14. The van der Waals surface area contributed by atoms with E-state index in [0.717, 1.165) is 99.8 Å². The molecule has 13 heteroatoms. The normalized spacial score (nSPS) is 28.1. The molecule has 0 amide bonds. The predicted molar refractivity (Wildman–Crippen MR) is 280 cm³/mol. The van der Waals surface area contributed by atoms with Gasteiger partial charge in [-0.05, 0) is 231 Å². The summed E-state index contributed by atoms with van der Waals surface area (Å²) in [6.07, 6.45) is 7.42. The SMILES string of the molecule is CC(C)O[C@H]1CC[C@H](c2cccc(C(F)(F)F)c2)C[C@@H]1N1CCCC1.CC(C)O[C@H]1CC[C@H](c2cccc(C(F)(F)F)c2)C[C@@H]1N1CCCCC1.CN(C)[C@H]1C[C@@H](c2cccc(Cl)c2)CC[C@@H]1OC(C)(C)C. The lowest BCUT2D eigenvalue weighted by molar-refractivity contribution is -0.138. The summed E-state index contributed by atoms with van der Waals surface area (Å²) in [4.78, 5) is 7.33. The largest absolute Gasteiger partial charge is 0.416 e. The van der Waals surface area contributed by atoms with Crippen LogP contribution in [0.2, 0.25) is 5.02 Å². The Kier molecular flexibility index (Phi) is 21.4. The number of hydrogen-bond donors (Lipinski definition) is 0. The minimum absolute atomic E-state index is 0.0815. The summed E-state index contributed by atoms with van der Waals surface area (Å²) in [6, 6.07) is 21.2. The number of nitrogens with zero attached hydrogens (tertiary/aromatic N) is 3. The number of likely N-dealkylation sites (N-methyl/N-ethyl adjacent to an activating group) is 1. The first-order chi connectivity index (χ1) is 33.9. The fourth-order valence-electron chi connectivity index (χ4n) is 12.2. The van der Waals surface area contributed by atoms with E-state index in [1.54, 1.807) is 12.1 Å². The summed E-state index contributed by atoms with van der Waals surface area (Å²) in [7, 11) is 4.31. The van der Waals surface area contributed by atoms with Gasteiger partial charge in [-0.2, -0.15) is 26.3 Å². The molecule has 8 rings (SSSR count). The number of hydrogen-bond acceptors (Lipinski definition) is 6. The number of ether oxygens (including phenoxy) is 3. The summed E-state index contributed by atoms with van der Waals surface area (Å²) in [5.41, 5.74) is 1.85. The van der Waals surface area contributed by atoms with Crippen LogP contribution in [0.1, 0.15) is 184 Å². The van der Waals surface area contributed by atoms with Crippen molar-refractivity contribution in [3.63, 3.8) is 0 Å². The van der Waals surface area contributed by atoms with Crippen LogP contribution in [-0.4, -0.2) is 109 Å². The quantitative estimate of drug-likeness (QED) is 0.178. The van der Waals surface area contributed by atoms with Crippen LogP contribution in [0.25, 0.3) is 0 Å². The molecular weight excluding hydrogens is 948 g/mol. The molecule has 3 aromatic carbocycles. The van der Waals surface area contributed by atoms with E-state index < -0.39 is 23.5 Å². The molecule has 0 aromatic heterocycles. The summed E-state index contributed by atoms with van der Waals surface area (Å²) < 4.78 is 97.0. The highest BCUT2D eigenvalue weighted by Crippen LogP contribution is 2.43. The molecule has 5 fully saturated rings. The van der Waals surface area contributed by atoms with Gasteiger partial charge >= 0.3 is 12.4 Å². The van der Waals surface area contributed by atoms with Gasteiger partial charge in [-0.15, -0.1) is 0 Å². The molecule has 5 aliphatic rings. The lowest BCUT2D eigenvalue weighted by Crippen LogP contribution is -2.50. The van der Waals surface area contributed by atoms with Gasteiger partial charge in [0.25, 0.3) is 0 Å². The molecule has 0 bridgehead atoms. The third kappa shape index (κ3) is 17.4. The Morgan fingerprint density at radius 2 is 0.917 bits per heavy atom. The molecule has 0 N–H and O–H groups in total. The summed E-state index contributed by atoms with van der Waals surface area (Å²) in [5.74, 6) is 0.937. The van der Waals surface area contributed by atoms with Crippen molar-refractivity contribution in [2.45, 2.75) is 223 Å². The smallest absolute Gasteiger partial charge is 0.374 e. The molecule has 9 atom stereocenters. The second-order valence-corrected chi connectivity index (χ2v) is 23.5. The van der Waals surface area contributed by atoms with Crippen LogP contribution in [0.3, 0.4) is 0 Å². The van der Waals surface area contributed by atoms with Crippen LogP contribution in [0.15, 0.2) is 72.8 Å². The minimum atomic E-state index is -4.28. The average molecular weight is 1030 g/mol. The zero-order valence-electron chi connectivity index (χ0n) is 44.7. The monoisotopic (exact) mass is 1030 g/mol. The number of benzene rings is 3. The number of rotatable bonds is 11. The van der Waals surface area contributed by atoms with E-state index in [4.69, 9.17) is 25.8 Å². The fourth-order valence-corrected chi connectivity index (χ4v) is 12.4. The van der Waals surface area contributed by atoms with Crippen molar-refractivity contribution in [3.8, 4) is 0 Å². The van der Waals surface area contributed by atoms with E-state index in [1.807, 2.05) is 18.2 Å². The third-order valence-electron chi connectivity index (χ3n) is 15.5. The van der Waals surface area contributed by atoms with Crippen LogP contribution < -0.4 is 0 Å². The summed E-state index contributed by atoms with van der Waals surface area (Å²) in [6.45, 7) is 19.0. The van der Waals surface area contributed by atoms with Gasteiger partial charge in [0.2, 0.25) is 0 Å². The first-order valence-corrected chi connectivity index (χ1v) is 27.6. The Bertz CT molecular complexity index is 2080. The van der Waals surface area contributed by atoms with Crippen LogP contribution in [0, 0.1) is 0 Å². The number of piperidine rings is 1. The van der Waals surface area contributed by atoms with Gasteiger partial charge in [-0.25, -0.2) is 0 Å². The number of likely N-dealkylation sites (tertiary alicyclic amines) is 2. The standard InChI is InChI=1S/C21H30F3NO.C20H28F3NO.C18H28ClNO/c1-15(2)26-20-10-9-17(14-19(20)25-11-4-3-5-12-25)16-7-6-8-18(13-16)21(22,23)24;1-14(2)25-19-9-8-16(13-18(19)24-10-3-4-11-24)15-6-5-7-17(12-15)20(21,22)23;1-18(2,3)21-17-10-9-14(12-16(17)20(4)5)13-7-6-8-15(19)11-13/h6-8,13,15,17,19-20H,3-5,9-12,14H2,1-2H3;5-7,12,14,16,18-19H,3-4,8-11,13H2,1-2H3;6-8,11,14,16-17H,9-10,12H2,1-5H3/t17-,19-,20-;16-,18-,19-;14-,16-,17-/m000/s1. The van der Waals surface area contributed by atoms with Crippen molar-refractivity contribution in [1.29, 1.82) is 0 Å². The Hall–Kier alpha value is -2.71. The first-order valence-electron chi connectivity index (χ1n) is 27.2. The van der Waals surface area contributed by atoms with Crippen LogP contribution in [-0.2, 0) is 26.6 Å². The number of alkyl halides is 6. The Morgan fingerprint density at radius 3 is 1.31 bits per heavy atom.